The number of Topliss-reactive ketones (excluding diaryl/α,β-unsaturated/α-hetero) is 1. The van der Waals surface area contributed by atoms with Crippen LogP contribution in [0.4, 0.5) is 17.1 Å². The summed E-state index contributed by atoms with van der Waals surface area (Å²) in [7, 11) is 3.60. The molecule has 156 valence electrons. The fourth-order valence-electron chi connectivity index (χ4n) is 3.74. The van der Waals surface area contributed by atoms with Crippen molar-refractivity contribution in [2.75, 3.05) is 29.2 Å². The van der Waals surface area contributed by atoms with Gasteiger partial charge in [-0.05, 0) is 30.3 Å². The lowest BCUT2D eigenvalue weighted by Crippen LogP contribution is -2.26. The fourth-order valence-corrected chi connectivity index (χ4v) is 3.74. The van der Waals surface area contributed by atoms with E-state index in [9.17, 15) is 19.6 Å². The first-order valence-electron chi connectivity index (χ1n) is 9.65. The van der Waals surface area contributed by atoms with Gasteiger partial charge in [-0.1, -0.05) is 12.1 Å². The number of carbonyl (C=O) groups excluding carboxylic acids is 2. The van der Waals surface area contributed by atoms with Crippen LogP contribution >= 0.6 is 0 Å². The van der Waals surface area contributed by atoms with Crippen molar-refractivity contribution in [3.8, 4) is 6.07 Å². The first-order chi connectivity index (χ1) is 14.9. The Bertz CT molecular complexity index is 1300. The molecule has 31 heavy (non-hydrogen) atoms. The highest BCUT2D eigenvalue weighted by atomic mass is 16.2. The monoisotopic (exact) mass is 416 g/mol. The molecule has 0 atom stereocenters. The first kappa shape index (κ1) is 20.0. The average Bonchev–Trinajstić information content (AvgIpc) is 3.24. The second kappa shape index (κ2) is 7.84. The largest absolute Gasteiger partial charge is 0.328 e. The number of nitrogens with one attached hydrogen (secondary N) is 3. The number of nitrogens with zero attached hydrogens (tertiary/aromatic N) is 3. The van der Waals surface area contributed by atoms with Gasteiger partial charge in [-0.3, -0.25) is 9.59 Å². The number of aromatic amines is 2. The molecule has 0 unspecified atom stereocenters. The molecule has 2 aromatic carbocycles. The molecule has 0 fully saturated rings. The topological polar surface area (TPSA) is 125 Å². The van der Waals surface area contributed by atoms with Gasteiger partial charge >= 0.3 is 5.69 Å². The van der Waals surface area contributed by atoms with E-state index >= 15 is 0 Å². The van der Waals surface area contributed by atoms with Crippen molar-refractivity contribution >= 4 is 39.8 Å². The number of aromatic nitrogens is 2. The molecule has 3 aromatic rings. The molecule has 1 aliphatic heterocycles. The van der Waals surface area contributed by atoms with Crippen LogP contribution in [0, 0.1) is 11.3 Å². The Morgan fingerprint density at radius 3 is 2.29 bits per heavy atom. The zero-order valence-electron chi connectivity index (χ0n) is 17.0. The van der Waals surface area contributed by atoms with Crippen LogP contribution in [-0.4, -0.2) is 35.8 Å². The molecule has 0 saturated carbocycles. The van der Waals surface area contributed by atoms with E-state index in [-0.39, 0.29) is 30.0 Å². The maximum Gasteiger partial charge on any atom is 0.323 e. The van der Waals surface area contributed by atoms with E-state index in [1.807, 2.05) is 30.3 Å². The standard InChI is InChI=1S/C22H20N6O3/c1-27-17-5-3-4-6-18(17)28(2)21(27)14(12-23)19(29)9-10-20(30)24-13-7-8-15-16(11-13)26-22(31)25-15/h3-8,11H,9-10H2,1-2H3,(H,24,30)(H2,25,26,31). The van der Waals surface area contributed by atoms with Gasteiger partial charge in [-0.25, -0.2) is 4.79 Å². The van der Waals surface area contributed by atoms with Gasteiger partial charge in [0.1, 0.15) is 17.5 Å². The third-order valence-electron chi connectivity index (χ3n) is 5.23. The van der Waals surface area contributed by atoms with Crippen LogP contribution in [0.5, 0.6) is 0 Å². The lowest BCUT2D eigenvalue weighted by atomic mass is 10.1. The van der Waals surface area contributed by atoms with Crippen LogP contribution < -0.4 is 20.8 Å². The Morgan fingerprint density at radius 1 is 1.00 bits per heavy atom. The zero-order valence-corrected chi connectivity index (χ0v) is 17.0. The Kier molecular flexibility index (Phi) is 5.05. The number of H-pyrrole nitrogens is 2. The number of amides is 1. The normalized spacial score (nSPS) is 12.6. The van der Waals surface area contributed by atoms with E-state index < -0.39 is 5.78 Å². The van der Waals surface area contributed by atoms with Crippen LogP contribution in [0.1, 0.15) is 12.8 Å². The number of para-hydroxylation sites is 2. The minimum Gasteiger partial charge on any atom is -0.328 e. The molecule has 1 amide bonds. The van der Waals surface area contributed by atoms with Crippen LogP contribution in [0.15, 0.2) is 58.7 Å². The lowest BCUT2D eigenvalue weighted by molar-refractivity contribution is -0.120. The highest BCUT2D eigenvalue weighted by Crippen LogP contribution is 2.40. The zero-order chi connectivity index (χ0) is 22.1. The molecular weight excluding hydrogens is 396 g/mol. The number of imidazole rings is 1. The lowest BCUT2D eigenvalue weighted by Gasteiger charge is -2.19. The van der Waals surface area contributed by atoms with Crippen LogP contribution in [0.3, 0.4) is 0 Å². The number of ketones is 1. The van der Waals surface area contributed by atoms with Crippen molar-refractivity contribution in [1.82, 2.24) is 9.97 Å². The van der Waals surface area contributed by atoms with E-state index in [1.165, 1.54) is 0 Å². The third kappa shape index (κ3) is 3.67. The van der Waals surface area contributed by atoms with Gasteiger partial charge in [0, 0.05) is 32.6 Å². The van der Waals surface area contributed by atoms with Gasteiger partial charge in [0.15, 0.2) is 5.78 Å². The van der Waals surface area contributed by atoms with Crippen molar-refractivity contribution in [2.24, 2.45) is 0 Å². The number of allylic oxidation sites excluding steroid dienone is 1. The summed E-state index contributed by atoms with van der Waals surface area (Å²) in [6.07, 6.45) is -0.168. The molecule has 0 spiro atoms. The van der Waals surface area contributed by atoms with Gasteiger partial charge < -0.3 is 25.1 Å². The highest BCUT2D eigenvalue weighted by Gasteiger charge is 2.31. The summed E-state index contributed by atoms with van der Waals surface area (Å²) < 4.78 is 0. The van der Waals surface area contributed by atoms with Gasteiger partial charge in [-0.2, -0.15) is 5.26 Å². The van der Waals surface area contributed by atoms with Gasteiger partial charge in [-0.15, -0.1) is 0 Å². The second-order valence-corrected chi connectivity index (χ2v) is 7.23. The molecule has 0 saturated heterocycles. The first-order valence-corrected chi connectivity index (χ1v) is 9.65. The number of hydrogen-bond donors (Lipinski definition) is 3. The molecule has 0 bridgehead atoms. The van der Waals surface area contributed by atoms with Crippen LogP contribution in [-0.2, 0) is 9.59 Å². The van der Waals surface area contributed by atoms with Crippen molar-refractivity contribution in [3.05, 3.63) is 64.3 Å². The molecule has 1 aromatic heterocycles. The van der Waals surface area contributed by atoms with Gasteiger partial charge in [0.05, 0.1) is 22.4 Å². The number of rotatable bonds is 5. The minimum absolute atomic E-state index is 0.0142. The van der Waals surface area contributed by atoms with Gasteiger partial charge in [0.2, 0.25) is 5.91 Å². The van der Waals surface area contributed by atoms with E-state index in [1.54, 1.807) is 42.1 Å². The molecule has 4 rings (SSSR count). The summed E-state index contributed by atoms with van der Waals surface area (Å²) in [6.45, 7) is 0. The van der Waals surface area contributed by atoms with E-state index in [4.69, 9.17) is 0 Å². The van der Waals surface area contributed by atoms with E-state index in [2.05, 4.69) is 15.3 Å². The van der Waals surface area contributed by atoms with Crippen molar-refractivity contribution in [1.29, 1.82) is 5.26 Å². The molecular formula is C22H20N6O3. The fraction of sp³-hybridized carbons (Fsp3) is 0.182. The van der Waals surface area contributed by atoms with E-state index in [0.29, 0.717) is 22.5 Å². The maximum atomic E-state index is 12.8. The summed E-state index contributed by atoms with van der Waals surface area (Å²) in [4.78, 5) is 45.3. The molecule has 3 N–H and O–H groups in total. The highest BCUT2D eigenvalue weighted by molar-refractivity contribution is 6.04. The molecule has 9 nitrogen and oxygen atoms in total. The third-order valence-corrected chi connectivity index (χ3v) is 5.23. The van der Waals surface area contributed by atoms with Crippen molar-refractivity contribution in [2.45, 2.75) is 12.8 Å². The Hall–Kier alpha value is -4.32. The Morgan fingerprint density at radius 2 is 1.65 bits per heavy atom. The van der Waals surface area contributed by atoms with Gasteiger partial charge in [0.25, 0.3) is 0 Å². The number of fused-ring (bicyclic) bond motifs is 2. The summed E-state index contributed by atoms with van der Waals surface area (Å²) in [5.74, 6) is -0.259. The molecule has 0 aliphatic carbocycles. The summed E-state index contributed by atoms with van der Waals surface area (Å²) >= 11 is 0. The van der Waals surface area contributed by atoms with Crippen molar-refractivity contribution < 1.29 is 9.59 Å². The van der Waals surface area contributed by atoms with Crippen LogP contribution in [0.25, 0.3) is 11.0 Å². The molecule has 2 heterocycles. The van der Waals surface area contributed by atoms with Crippen molar-refractivity contribution in [3.63, 3.8) is 0 Å². The predicted octanol–water partition coefficient (Wildman–Crippen LogP) is 2.47. The summed E-state index contributed by atoms with van der Waals surface area (Å²) in [5.41, 5.74) is 3.19. The quantitative estimate of drug-likeness (QED) is 0.433. The smallest absolute Gasteiger partial charge is 0.323 e. The number of hydrogen-bond acceptors (Lipinski definition) is 6. The molecule has 0 radical (unpaired) electrons. The predicted molar refractivity (Wildman–Crippen MR) is 118 cm³/mol. The maximum absolute atomic E-state index is 12.8. The average molecular weight is 416 g/mol. The number of benzene rings is 2. The molecule has 1 aliphatic rings. The SMILES string of the molecule is CN1C(=C(C#N)C(=O)CCC(=O)Nc2ccc3[nH]c(=O)[nH]c3c2)N(C)c2ccccc21. The summed E-state index contributed by atoms with van der Waals surface area (Å²) in [6, 6.07) is 14.6. The van der Waals surface area contributed by atoms with Crippen LogP contribution in [0.2, 0.25) is 0 Å². The Balaban J connectivity index is 1.46. The number of anilines is 3. The Labute approximate surface area is 177 Å². The minimum atomic E-state index is -0.399. The number of nitriles is 1. The number of carbonyl (C=O) groups is 2. The summed E-state index contributed by atoms with van der Waals surface area (Å²) in [5, 5.41) is 12.4. The molecule has 9 heteroatoms. The second-order valence-electron chi connectivity index (χ2n) is 7.23. The van der Waals surface area contributed by atoms with E-state index in [0.717, 1.165) is 11.4 Å².